The number of benzene rings is 1. The van der Waals surface area contributed by atoms with Crippen LogP contribution in [0.1, 0.15) is 27.6 Å². The van der Waals surface area contributed by atoms with E-state index in [9.17, 15) is 14.4 Å². The van der Waals surface area contributed by atoms with E-state index in [-0.39, 0.29) is 23.2 Å². The summed E-state index contributed by atoms with van der Waals surface area (Å²) in [5.74, 6) is -2.17. The number of rotatable bonds is 4. The van der Waals surface area contributed by atoms with Crippen LogP contribution in [0.2, 0.25) is 0 Å². The Hall–Kier alpha value is -2.31. The lowest BCUT2D eigenvalue weighted by atomic mass is 10.1. The number of amides is 2. The van der Waals surface area contributed by atoms with E-state index in [0.29, 0.717) is 0 Å². The van der Waals surface area contributed by atoms with E-state index in [1.807, 2.05) is 0 Å². The molecule has 0 saturated carbocycles. The summed E-state index contributed by atoms with van der Waals surface area (Å²) in [5, 5.41) is 9.12. The molecule has 0 atom stereocenters. The maximum atomic E-state index is 12.4. The van der Waals surface area contributed by atoms with Gasteiger partial charge in [-0.3, -0.25) is 4.84 Å². The minimum Gasteiger partial charge on any atom is -0.390 e. The summed E-state index contributed by atoms with van der Waals surface area (Å²) < 4.78 is -1.18. The molecule has 1 aliphatic heterocycles. The number of nitrogens with zero attached hydrogens (tertiary/aromatic N) is 1. The zero-order valence-electron chi connectivity index (χ0n) is 11.0. The molecule has 1 heterocycles. The first-order valence-electron chi connectivity index (χ1n) is 6.01. The van der Waals surface area contributed by atoms with Crippen LogP contribution in [0.15, 0.2) is 36.4 Å². The molecule has 0 bridgehead atoms. The van der Waals surface area contributed by atoms with Crippen molar-refractivity contribution < 1.29 is 29.0 Å². The second-order valence-corrected chi connectivity index (χ2v) is 4.50. The van der Waals surface area contributed by atoms with Gasteiger partial charge in [-0.2, -0.15) is 0 Å². The minimum absolute atomic E-state index is 0.0667. The smallest absolute Gasteiger partial charge is 0.390 e. The Morgan fingerprint density at radius 1 is 1.25 bits per heavy atom. The molecule has 20 heavy (non-hydrogen) atoms. The van der Waals surface area contributed by atoms with Gasteiger partial charge >= 0.3 is 17.8 Å². The van der Waals surface area contributed by atoms with E-state index in [0.717, 1.165) is 0 Å². The average Bonchev–Trinajstić information content (AvgIpc) is 2.63. The fraction of sp³-hybridized carbons (Fsp3) is 0.214. The number of aliphatic hydroxyl groups is 1. The number of hydrogen-bond donors (Lipinski definition) is 1. The van der Waals surface area contributed by atoms with Crippen molar-refractivity contribution in [2.45, 2.75) is 6.92 Å². The van der Waals surface area contributed by atoms with E-state index in [2.05, 4.69) is 6.58 Å². The normalized spacial score (nSPS) is 15.9. The Morgan fingerprint density at radius 2 is 1.75 bits per heavy atom. The van der Waals surface area contributed by atoms with Crippen molar-refractivity contribution in [2.24, 2.45) is 0 Å². The van der Waals surface area contributed by atoms with Crippen molar-refractivity contribution in [3.63, 3.8) is 0 Å². The van der Waals surface area contributed by atoms with Crippen molar-refractivity contribution >= 4 is 17.8 Å². The quantitative estimate of drug-likeness (QED) is 0.500. The minimum atomic E-state index is -1.18. The van der Waals surface area contributed by atoms with Gasteiger partial charge in [-0.1, -0.05) is 18.7 Å². The molecule has 0 aromatic heterocycles. The monoisotopic (exact) mass is 276 g/mol. The lowest BCUT2D eigenvalue weighted by molar-refractivity contribution is -0.951. The maximum absolute atomic E-state index is 12.4. The number of carbonyl (C=O) groups is 3. The molecule has 1 aromatic rings. The highest BCUT2D eigenvalue weighted by atomic mass is 16.8. The van der Waals surface area contributed by atoms with Crippen molar-refractivity contribution in [3.05, 3.63) is 47.5 Å². The second-order valence-electron chi connectivity index (χ2n) is 4.50. The maximum Gasteiger partial charge on any atom is 0.396 e. The third-order valence-electron chi connectivity index (χ3n) is 3.05. The topological polar surface area (TPSA) is 80.7 Å². The number of imide groups is 1. The van der Waals surface area contributed by atoms with E-state index < -0.39 is 29.0 Å². The number of quaternary nitrogens is 1. The lowest BCUT2D eigenvalue weighted by Crippen LogP contribution is -2.55. The molecule has 0 unspecified atom stereocenters. The van der Waals surface area contributed by atoms with Gasteiger partial charge < -0.3 is 5.11 Å². The summed E-state index contributed by atoms with van der Waals surface area (Å²) in [7, 11) is 0. The van der Waals surface area contributed by atoms with Crippen LogP contribution in [0.3, 0.4) is 0 Å². The number of aliphatic hydroxyl groups excluding tert-OH is 1. The van der Waals surface area contributed by atoms with Crippen LogP contribution in [0.25, 0.3) is 0 Å². The third kappa shape index (κ3) is 1.95. The van der Waals surface area contributed by atoms with Gasteiger partial charge in [0.1, 0.15) is 11.1 Å². The zero-order valence-corrected chi connectivity index (χ0v) is 11.0. The first-order valence-corrected chi connectivity index (χ1v) is 6.01. The van der Waals surface area contributed by atoms with E-state index in [1.165, 1.54) is 19.1 Å². The van der Waals surface area contributed by atoms with Crippen LogP contribution < -0.4 is 0 Å². The van der Waals surface area contributed by atoms with Crippen LogP contribution >= 0.6 is 0 Å². The van der Waals surface area contributed by atoms with Gasteiger partial charge in [-0.25, -0.2) is 14.4 Å². The van der Waals surface area contributed by atoms with Crippen LogP contribution in [0, 0.1) is 0 Å². The molecule has 1 aliphatic rings. The Bertz CT molecular complexity index is 585. The standard InChI is InChI=1S/C14H14NO5/c1-9(2)14(19)20-15(7-8-16)12(17)10-5-3-4-6-11(10)13(15)18/h3-6,16H,1,7-8H2,2H3/q+1. The molecule has 0 fully saturated rings. The number of hydrogen-bond acceptors (Lipinski definition) is 5. The predicted octanol–water partition coefficient (Wildman–Crippen LogP) is 0.824. The summed E-state index contributed by atoms with van der Waals surface area (Å²) in [6.45, 7) is 4.03. The molecule has 2 amide bonds. The lowest BCUT2D eigenvalue weighted by Gasteiger charge is -2.24. The zero-order chi connectivity index (χ0) is 14.9. The van der Waals surface area contributed by atoms with Crippen molar-refractivity contribution in [2.75, 3.05) is 13.2 Å². The van der Waals surface area contributed by atoms with Gasteiger partial charge in [0.15, 0.2) is 6.54 Å². The summed E-state index contributed by atoms with van der Waals surface area (Å²) in [4.78, 5) is 41.6. The Kier molecular flexibility index (Phi) is 3.52. The van der Waals surface area contributed by atoms with Gasteiger partial charge in [-0.15, -0.1) is 0 Å². The summed E-state index contributed by atoms with van der Waals surface area (Å²) in [5.41, 5.74) is 0.429. The van der Waals surface area contributed by atoms with Crippen molar-refractivity contribution in [1.82, 2.24) is 0 Å². The molecule has 6 nitrogen and oxygen atoms in total. The van der Waals surface area contributed by atoms with Crippen LogP contribution in [0.5, 0.6) is 0 Å². The molecule has 2 rings (SSSR count). The van der Waals surface area contributed by atoms with Crippen LogP contribution in [-0.2, 0) is 9.63 Å². The first kappa shape index (κ1) is 14.1. The van der Waals surface area contributed by atoms with Gasteiger partial charge in [0, 0.05) is 10.2 Å². The molecule has 0 radical (unpaired) electrons. The molecule has 104 valence electrons. The molecule has 1 aromatic carbocycles. The number of hydroxylamine groups is 3. The number of fused-ring (bicyclic) bond motifs is 1. The van der Waals surface area contributed by atoms with Gasteiger partial charge in [-0.05, 0) is 19.1 Å². The van der Waals surface area contributed by atoms with Crippen molar-refractivity contribution in [1.29, 1.82) is 0 Å². The molecule has 6 heteroatoms. The molecule has 0 spiro atoms. The molecular weight excluding hydrogens is 262 g/mol. The van der Waals surface area contributed by atoms with Crippen LogP contribution in [0.4, 0.5) is 0 Å². The van der Waals surface area contributed by atoms with E-state index in [1.54, 1.807) is 12.1 Å². The second kappa shape index (κ2) is 4.99. The molecular formula is C14H14NO5+. The average molecular weight is 276 g/mol. The summed E-state index contributed by atoms with van der Waals surface area (Å²) in [6.07, 6.45) is 0. The van der Waals surface area contributed by atoms with E-state index >= 15 is 0 Å². The molecule has 1 N–H and O–H groups in total. The molecule has 0 saturated heterocycles. The van der Waals surface area contributed by atoms with Gasteiger partial charge in [0.05, 0.1) is 6.61 Å². The first-order chi connectivity index (χ1) is 9.44. The Labute approximate surface area is 115 Å². The third-order valence-corrected chi connectivity index (χ3v) is 3.05. The van der Waals surface area contributed by atoms with Gasteiger partial charge in [0.2, 0.25) is 0 Å². The Morgan fingerprint density at radius 3 is 2.15 bits per heavy atom. The SMILES string of the molecule is C=C(C)C(=O)O[N+]1(CCO)C(=O)c2ccccc2C1=O. The van der Waals surface area contributed by atoms with Gasteiger partial charge in [0.25, 0.3) is 0 Å². The highest BCUT2D eigenvalue weighted by Crippen LogP contribution is 2.30. The highest BCUT2D eigenvalue weighted by molar-refractivity contribution is 6.13. The Balaban J connectivity index is 2.50. The summed E-state index contributed by atoms with van der Waals surface area (Å²) in [6, 6.07) is 6.20. The number of carbonyl (C=O) groups excluding carboxylic acids is 3. The fourth-order valence-electron chi connectivity index (χ4n) is 2.03. The predicted molar refractivity (Wildman–Crippen MR) is 68.2 cm³/mol. The summed E-state index contributed by atoms with van der Waals surface area (Å²) >= 11 is 0. The molecule has 0 aliphatic carbocycles. The highest BCUT2D eigenvalue weighted by Gasteiger charge is 2.58. The van der Waals surface area contributed by atoms with Crippen molar-refractivity contribution in [3.8, 4) is 0 Å². The van der Waals surface area contributed by atoms with Crippen LogP contribution in [-0.4, -0.2) is 40.7 Å². The van der Waals surface area contributed by atoms with E-state index in [4.69, 9.17) is 9.94 Å². The largest absolute Gasteiger partial charge is 0.396 e. The fourth-order valence-corrected chi connectivity index (χ4v) is 2.03.